The van der Waals surface area contributed by atoms with Crippen molar-refractivity contribution in [1.29, 1.82) is 0 Å². The average molecular weight is 330 g/mol. The molecule has 126 valence electrons. The molecule has 0 heterocycles. The van der Waals surface area contributed by atoms with Crippen LogP contribution in [0.25, 0.3) is 0 Å². The Morgan fingerprint density at radius 2 is 0.917 bits per heavy atom. The maximum atomic E-state index is 11.7. The summed E-state index contributed by atoms with van der Waals surface area (Å²) >= 11 is 0. The summed E-state index contributed by atoms with van der Waals surface area (Å²) in [6, 6.07) is 0. The molecule has 0 bridgehead atoms. The fraction of sp³-hybridized carbons (Fsp3) is 0.167. The first-order chi connectivity index (χ1) is 11.3. The van der Waals surface area contributed by atoms with Gasteiger partial charge in [-0.05, 0) is 36.0 Å². The third-order valence-corrected chi connectivity index (χ3v) is 3.52. The van der Waals surface area contributed by atoms with E-state index in [9.17, 15) is 29.7 Å². The molecular formula is C18H18O6. The molecule has 0 saturated heterocycles. The van der Waals surface area contributed by atoms with Crippen LogP contribution in [-0.2, 0) is 19.3 Å². The minimum absolute atomic E-state index is 0.0924. The molecule has 0 radical (unpaired) electrons. The van der Waals surface area contributed by atoms with Crippen molar-refractivity contribution in [1.82, 2.24) is 0 Å². The summed E-state index contributed by atoms with van der Waals surface area (Å²) in [5, 5.41) is 28.5. The second-order valence-corrected chi connectivity index (χ2v) is 4.95. The Balaban J connectivity index is 4.20. The van der Waals surface area contributed by atoms with Crippen molar-refractivity contribution in [2.75, 3.05) is 0 Å². The molecule has 6 nitrogen and oxygen atoms in total. The summed E-state index contributed by atoms with van der Waals surface area (Å²) in [4.78, 5) is 35.0. The molecule has 0 spiro atoms. The molecular weight excluding hydrogens is 312 g/mol. The Labute approximate surface area is 139 Å². The van der Waals surface area contributed by atoms with E-state index in [0.29, 0.717) is 5.56 Å². The van der Waals surface area contributed by atoms with Gasteiger partial charge in [-0.3, -0.25) is 0 Å². The molecule has 0 saturated carbocycles. The largest absolute Gasteiger partial charge is 0.478 e. The van der Waals surface area contributed by atoms with Gasteiger partial charge in [0.15, 0.2) is 0 Å². The zero-order valence-corrected chi connectivity index (χ0v) is 13.0. The van der Waals surface area contributed by atoms with Gasteiger partial charge in [-0.1, -0.05) is 18.2 Å². The van der Waals surface area contributed by atoms with E-state index in [2.05, 4.69) is 19.7 Å². The van der Waals surface area contributed by atoms with E-state index in [1.807, 2.05) is 0 Å². The van der Waals surface area contributed by atoms with E-state index in [4.69, 9.17) is 0 Å². The summed E-state index contributed by atoms with van der Waals surface area (Å²) in [5.41, 5.74) is -0.872. The highest BCUT2D eigenvalue weighted by molar-refractivity contribution is 6.11. The number of allylic oxidation sites excluding steroid dienone is 3. The lowest BCUT2D eigenvalue weighted by Gasteiger charge is -2.20. The Morgan fingerprint density at radius 3 is 1.17 bits per heavy atom. The van der Waals surface area contributed by atoms with Crippen LogP contribution in [0, 0.1) is 0 Å². The van der Waals surface area contributed by atoms with E-state index < -0.39 is 34.6 Å². The molecule has 0 fully saturated rings. The van der Waals surface area contributed by atoms with Crippen molar-refractivity contribution in [2.45, 2.75) is 19.3 Å². The number of carboxylic acids is 3. The van der Waals surface area contributed by atoms with Gasteiger partial charge in [0.25, 0.3) is 0 Å². The van der Waals surface area contributed by atoms with E-state index in [1.54, 1.807) is 0 Å². The number of aromatic carboxylic acids is 3. The predicted molar refractivity (Wildman–Crippen MR) is 89.0 cm³/mol. The Morgan fingerprint density at radius 1 is 0.625 bits per heavy atom. The highest BCUT2D eigenvalue weighted by Crippen LogP contribution is 2.31. The molecule has 1 aromatic carbocycles. The third kappa shape index (κ3) is 3.43. The van der Waals surface area contributed by atoms with Crippen molar-refractivity contribution in [3.63, 3.8) is 0 Å². The smallest absolute Gasteiger partial charge is 0.337 e. The molecule has 0 atom stereocenters. The third-order valence-electron chi connectivity index (χ3n) is 3.52. The topological polar surface area (TPSA) is 112 Å². The number of hydrogen-bond acceptors (Lipinski definition) is 3. The van der Waals surface area contributed by atoms with Gasteiger partial charge in [0.05, 0.1) is 16.7 Å². The van der Waals surface area contributed by atoms with Crippen LogP contribution in [-0.4, -0.2) is 33.2 Å². The molecule has 0 aliphatic rings. The fourth-order valence-corrected chi connectivity index (χ4v) is 2.73. The van der Waals surface area contributed by atoms with E-state index >= 15 is 0 Å². The molecule has 0 unspecified atom stereocenters. The molecule has 0 aromatic heterocycles. The van der Waals surface area contributed by atoms with Gasteiger partial charge < -0.3 is 15.3 Å². The lowest BCUT2D eigenvalue weighted by molar-refractivity contribution is 0.0631. The molecule has 6 heteroatoms. The maximum absolute atomic E-state index is 11.7. The quantitative estimate of drug-likeness (QED) is 0.600. The lowest BCUT2D eigenvalue weighted by atomic mass is 9.82. The number of rotatable bonds is 9. The molecule has 0 aliphatic carbocycles. The van der Waals surface area contributed by atoms with E-state index in [-0.39, 0.29) is 30.4 Å². The summed E-state index contributed by atoms with van der Waals surface area (Å²) in [6.07, 6.45) is 4.78. The van der Waals surface area contributed by atoms with Gasteiger partial charge in [-0.25, -0.2) is 14.4 Å². The summed E-state index contributed by atoms with van der Waals surface area (Å²) < 4.78 is 0. The molecule has 0 aliphatic heterocycles. The van der Waals surface area contributed by atoms with Crippen LogP contribution in [0.1, 0.15) is 47.8 Å². The van der Waals surface area contributed by atoms with Crippen LogP contribution in [0.4, 0.5) is 0 Å². The zero-order chi connectivity index (χ0) is 18.4. The molecule has 3 N–H and O–H groups in total. The maximum Gasteiger partial charge on any atom is 0.337 e. The summed E-state index contributed by atoms with van der Waals surface area (Å²) in [5.74, 6) is -4.60. The zero-order valence-electron chi connectivity index (χ0n) is 13.0. The number of carboxylic acid groups (broad SMARTS) is 3. The van der Waals surface area contributed by atoms with Crippen LogP contribution in [0.15, 0.2) is 38.0 Å². The second-order valence-electron chi connectivity index (χ2n) is 4.95. The summed E-state index contributed by atoms with van der Waals surface area (Å²) in [7, 11) is 0. The van der Waals surface area contributed by atoms with Crippen LogP contribution in [0.3, 0.4) is 0 Å². The van der Waals surface area contributed by atoms with Crippen molar-refractivity contribution in [2.24, 2.45) is 0 Å². The van der Waals surface area contributed by atoms with Crippen molar-refractivity contribution in [3.05, 3.63) is 71.3 Å². The number of carbonyl (C=O) groups is 3. The fourth-order valence-electron chi connectivity index (χ4n) is 2.73. The van der Waals surface area contributed by atoms with Gasteiger partial charge in [-0.15, -0.1) is 19.7 Å². The Bertz CT molecular complexity index is 693. The minimum atomic E-state index is -1.61. The van der Waals surface area contributed by atoms with Crippen molar-refractivity contribution in [3.8, 4) is 0 Å². The molecule has 0 amide bonds. The van der Waals surface area contributed by atoms with Crippen molar-refractivity contribution < 1.29 is 29.7 Å². The predicted octanol–water partition coefficient (Wildman–Crippen LogP) is 2.97. The van der Waals surface area contributed by atoms with Crippen LogP contribution in [0.2, 0.25) is 0 Å². The van der Waals surface area contributed by atoms with Gasteiger partial charge >= 0.3 is 17.9 Å². The SMILES string of the molecule is C=CCc1c(CC=C)c(C(=O)O)c(C(=O)O)c(C(=O)O)c1CC=C. The van der Waals surface area contributed by atoms with Gasteiger partial charge in [0.2, 0.25) is 0 Å². The van der Waals surface area contributed by atoms with Gasteiger partial charge in [0, 0.05) is 0 Å². The highest BCUT2D eigenvalue weighted by Gasteiger charge is 2.32. The molecule has 1 aromatic rings. The highest BCUT2D eigenvalue weighted by atomic mass is 16.4. The van der Waals surface area contributed by atoms with E-state index in [1.165, 1.54) is 18.2 Å². The Hall–Kier alpha value is -3.15. The molecule has 1 rings (SSSR count). The summed E-state index contributed by atoms with van der Waals surface area (Å²) in [6.45, 7) is 10.7. The molecule has 24 heavy (non-hydrogen) atoms. The first kappa shape index (κ1) is 18.9. The van der Waals surface area contributed by atoms with Crippen LogP contribution in [0.5, 0.6) is 0 Å². The van der Waals surface area contributed by atoms with E-state index in [0.717, 1.165) is 0 Å². The standard InChI is InChI=1S/C18H18O6/c1-4-7-10-11(8-5-2)13(16(19)20)15(18(23)24)14(17(21)22)12(10)9-6-3/h4-6H,1-3,7-9H2,(H,19,20)(H,21,22)(H,23,24). The number of hydrogen-bond donors (Lipinski definition) is 3. The van der Waals surface area contributed by atoms with Crippen LogP contribution >= 0.6 is 0 Å². The van der Waals surface area contributed by atoms with Gasteiger partial charge in [0.1, 0.15) is 0 Å². The first-order valence-electron chi connectivity index (χ1n) is 7.04. The van der Waals surface area contributed by atoms with Crippen LogP contribution < -0.4 is 0 Å². The Kier molecular flexibility index (Phi) is 6.23. The monoisotopic (exact) mass is 330 g/mol. The minimum Gasteiger partial charge on any atom is -0.478 e. The normalized spacial score (nSPS) is 10.0. The lowest BCUT2D eigenvalue weighted by Crippen LogP contribution is -2.22. The van der Waals surface area contributed by atoms with Crippen molar-refractivity contribution >= 4 is 17.9 Å². The van der Waals surface area contributed by atoms with Gasteiger partial charge in [-0.2, -0.15) is 0 Å². The average Bonchev–Trinajstić information content (AvgIpc) is 2.49. The second kappa shape index (κ2) is 7.92. The first-order valence-corrected chi connectivity index (χ1v) is 7.04. The number of benzene rings is 1.